The zero-order chi connectivity index (χ0) is 18.1. The van der Waals surface area contributed by atoms with Crippen molar-refractivity contribution in [1.82, 2.24) is 9.88 Å². The minimum atomic E-state index is -0.694. The van der Waals surface area contributed by atoms with Gasteiger partial charge in [0.05, 0.1) is 6.10 Å². The number of hydrogen-bond acceptors (Lipinski definition) is 3. The summed E-state index contributed by atoms with van der Waals surface area (Å²) >= 11 is 0. The summed E-state index contributed by atoms with van der Waals surface area (Å²) in [6.07, 6.45) is 1.33. The van der Waals surface area contributed by atoms with Gasteiger partial charge < -0.3 is 10.0 Å². The molecule has 5 heteroatoms. The van der Waals surface area contributed by atoms with E-state index >= 15 is 0 Å². The lowest BCUT2D eigenvalue weighted by Crippen LogP contribution is -2.46. The Kier molecular flexibility index (Phi) is 4.39. The minimum Gasteiger partial charge on any atom is -0.391 e. The van der Waals surface area contributed by atoms with Crippen LogP contribution in [0.3, 0.4) is 0 Å². The number of pyridine rings is 1. The van der Waals surface area contributed by atoms with Crippen molar-refractivity contribution in [3.63, 3.8) is 0 Å². The Bertz CT molecular complexity index is 959. The number of amides is 1. The SMILES string of the molecule is O=C(c1ncccc1F)N1CC[C@@H](c2ccc3ccccc3c2)[C@H](O)C1. The Morgan fingerprint density at radius 3 is 2.69 bits per heavy atom. The van der Waals surface area contributed by atoms with Crippen molar-refractivity contribution in [3.8, 4) is 0 Å². The highest BCUT2D eigenvalue weighted by molar-refractivity contribution is 5.92. The Labute approximate surface area is 150 Å². The van der Waals surface area contributed by atoms with Gasteiger partial charge in [-0.15, -0.1) is 0 Å². The molecular formula is C21H19FN2O2. The quantitative estimate of drug-likeness (QED) is 0.771. The molecule has 1 aliphatic heterocycles. The van der Waals surface area contributed by atoms with E-state index in [0.29, 0.717) is 13.0 Å². The molecule has 4 rings (SSSR count). The molecule has 3 aromatic rings. The van der Waals surface area contributed by atoms with Crippen LogP contribution in [0.5, 0.6) is 0 Å². The zero-order valence-electron chi connectivity index (χ0n) is 14.2. The van der Waals surface area contributed by atoms with E-state index in [1.54, 1.807) is 0 Å². The number of piperidine rings is 1. The number of aliphatic hydroxyl groups is 1. The molecule has 1 saturated heterocycles. The molecule has 0 aliphatic carbocycles. The molecule has 132 valence electrons. The molecule has 0 saturated carbocycles. The summed E-state index contributed by atoms with van der Waals surface area (Å²) in [5.41, 5.74) is 0.871. The molecule has 0 spiro atoms. The highest BCUT2D eigenvalue weighted by Crippen LogP contribution is 2.31. The van der Waals surface area contributed by atoms with Gasteiger partial charge >= 0.3 is 0 Å². The smallest absolute Gasteiger partial charge is 0.275 e. The maximum Gasteiger partial charge on any atom is 0.275 e. The van der Waals surface area contributed by atoms with Gasteiger partial charge in [0.25, 0.3) is 5.91 Å². The topological polar surface area (TPSA) is 53.4 Å². The van der Waals surface area contributed by atoms with Crippen molar-refractivity contribution in [1.29, 1.82) is 0 Å². The minimum absolute atomic E-state index is 0.0442. The van der Waals surface area contributed by atoms with Gasteiger partial charge in [0.2, 0.25) is 0 Å². The predicted molar refractivity (Wildman–Crippen MR) is 97.4 cm³/mol. The molecule has 4 nitrogen and oxygen atoms in total. The van der Waals surface area contributed by atoms with Gasteiger partial charge in [0.15, 0.2) is 11.5 Å². The number of aliphatic hydroxyl groups excluding tert-OH is 1. The number of halogens is 1. The number of carbonyl (C=O) groups is 1. The van der Waals surface area contributed by atoms with Crippen LogP contribution in [0.15, 0.2) is 60.8 Å². The number of β-amino-alcohol motifs (C(OH)–C–C–N with tert-alkyl or cyclic N) is 1. The molecule has 1 amide bonds. The molecule has 0 bridgehead atoms. The number of carbonyl (C=O) groups excluding carboxylic acids is 1. The number of fused-ring (bicyclic) bond motifs is 1. The van der Waals surface area contributed by atoms with Crippen molar-refractivity contribution in [2.24, 2.45) is 0 Å². The third-order valence-corrected chi connectivity index (χ3v) is 5.03. The van der Waals surface area contributed by atoms with E-state index in [9.17, 15) is 14.3 Å². The van der Waals surface area contributed by atoms with E-state index in [-0.39, 0.29) is 18.2 Å². The van der Waals surface area contributed by atoms with E-state index in [2.05, 4.69) is 23.2 Å². The molecule has 26 heavy (non-hydrogen) atoms. The summed E-state index contributed by atoms with van der Waals surface area (Å²) < 4.78 is 13.8. The molecule has 1 aromatic heterocycles. The van der Waals surface area contributed by atoms with Gasteiger partial charge in [-0.3, -0.25) is 4.79 Å². The zero-order valence-corrected chi connectivity index (χ0v) is 14.2. The van der Waals surface area contributed by atoms with Gasteiger partial charge in [0, 0.05) is 25.2 Å². The second-order valence-corrected chi connectivity index (χ2v) is 6.65. The molecule has 2 atom stereocenters. The van der Waals surface area contributed by atoms with Crippen LogP contribution in [0.25, 0.3) is 10.8 Å². The third kappa shape index (κ3) is 3.06. The lowest BCUT2D eigenvalue weighted by molar-refractivity contribution is 0.0374. The largest absolute Gasteiger partial charge is 0.391 e. The maximum absolute atomic E-state index is 13.8. The number of likely N-dealkylation sites (tertiary alicyclic amines) is 1. The first-order chi connectivity index (χ1) is 12.6. The first kappa shape index (κ1) is 16.7. The number of rotatable bonds is 2. The molecule has 2 aromatic carbocycles. The fraction of sp³-hybridized carbons (Fsp3) is 0.238. The molecule has 0 unspecified atom stereocenters. The number of aromatic nitrogens is 1. The average molecular weight is 350 g/mol. The summed E-state index contributed by atoms with van der Waals surface area (Å²) in [4.78, 5) is 17.8. The van der Waals surface area contributed by atoms with E-state index in [1.807, 2.05) is 24.3 Å². The van der Waals surface area contributed by atoms with Gasteiger partial charge in [-0.2, -0.15) is 0 Å². The first-order valence-corrected chi connectivity index (χ1v) is 8.70. The van der Waals surface area contributed by atoms with E-state index in [0.717, 1.165) is 16.3 Å². The van der Waals surface area contributed by atoms with Gasteiger partial charge in [-0.05, 0) is 34.9 Å². The van der Waals surface area contributed by atoms with Crippen molar-refractivity contribution in [2.45, 2.75) is 18.4 Å². The summed E-state index contributed by atoms with van der Waals surface area (Å²) in [6.45, 7) is 0.635. The molecule has 1 fully saturated rings. The molecule has 0 radical (unpaired) electrons. The Hall–Kier alpha value is -2.79. The van der Waals surface area contributed by atoms with Crippen LogP contribution in [0.4, 0.5) is 4.39 Å². The van der Waals surface area contributed by atoms with Crippen LogP contribution < -0.4 is 0 Å². The molecule has 1 aliphatic rings. The second-order valence-electron chi connectivity index (χ2n) is 6.65. The van der Waals surface area contributed by atoms with Gasteiger partial charge in [-0.25, -0.2) is 9.37 Å². The Morgan fingerprint density at radius 1 is 1.12 bits per heavy atom. The number of hydrogen-bond donors (Lipinski definition) is 1. The number of nitrogens with zero attached hydrogens (tertiary/aromatic N) is 2. The van der Waals surface area contributed by atoms with Gasteiger partial charge in [0.1, 0.15) is 0 Å². The summed E-state index contributed by atoms with van der Waals surface area (Å²) in [5.74, 6) is -1.15. The first-order valence-electron chi connectivity index (χ1n) is 8.70. The third-order valence-electron chi connectivity index (χ3n) is 5.03. The molecule has 1 N–H and O–H groups in total. The number of benzene rings is 2. The van der Waals surface area contributed by atoms with Crippen LogP contribution in [0.2, 0.25) is 0 Å². The second kappa shape index (κ2) is 6.84. The monoisotopic (exact) mass is 350 g/mol. The van der Waals surface area contributed by atoms with E-state index in [1.165, 1.54) is 23.2 Å². The highest BCUT2D eigenvalue weighted by atomic mass is 19.1. The Balaban J connectivity index is 1.53. The predicted octanol–water partition coefficient (Wildman–Crippen LogP) is 3.36. The fourth-order valence-electron chi connectivity index (χ4n) is 3.64. The lowest BCUT2D eigenvalue weighted by Gasteiger charge is -2.36. The van der Waals surface area contributed by atoms with Crippen LogP contribution in [-0.4, -0.2) is 40.1 Å². The van der Waals surface area contributed by atoms with Crippen molar-refractivity contribution >= 4 is 16.7 Å². The molecule has 2 heterocycles. The standard InChI is InChI=1S/C21H19FN2O2/c22-18-6-3-10-23-20(18)21(26)24-11-9-17(19(25)13-24)16-8-7-14-4-1-2-5-15(14)12-16/h1-8,10,12,17,19,25H,9,11,13H2/t17-,19+/m0/s1. The van der Waals surface area contributed by atoms with Crippen molar-refractivity contribution in [2.75, 3.05) is 13.1 Å². The Morgan fingerprint density at radius 2 is 1.92 bits per heavy atom. The van der Waals surface area contributed by atoms with Crippen LogP contribution >= 0.6 is 0 Å². The fourth-order valence-corrected chi connectivity index (χ4v) is 3.64. The summed E-state index contributed by atoms with van der Waals surface area (Å²) in [7, 11) is 0. The van der Waals surface area contributed by atoms with Crippen LogP contribution in [-0.2, 0) is 0 Å². The van der Waals surface area contributed by atoms with E-state index in [4.69, 9.17) is 0 Å². The van der Waals surface area contributed by atoms with Crippen LogP contribution in [0.1, 0.15) is 28.4 Å². The van der Waals surface area contributed by atoms with Crippen molar-refractivity contribution < 1.29 is 14.3 Å². The van der Waals surface area contributed by atoms with Crippen molar-refractivity contribution in [3.05, 3.63) is 77.9 Å². The molecular weight excluding hydrogens is 331 g/mol. The highest BCUT2D eigenvalue weighted by Gasteiger charge is 2.32. The maximum atomic E-state index is 13.8. The average Bonchev–Trinajstić information content (AvgIpc) is 2.67. The van der Waals surface area contributed by atoms with E-state index < -0.39 is 17.8 Å². The van der Waals surface area contributed by atoms with Gasteiger partial charge in [-0.1, -0.05) is 42.5 Å². The summed E-state index contributed by atoms with van der Waals surface area (Å²) in [6, 6.07) is 16.9. The lowest BCUT2D eigenvalue weighted by atomic mass is 9.86. The van der Waals surface area contributed by atoms with Crippen LogP contribution in [0, 0.1) is 5.82 Å². The normalized spacial score (nSPS) is 20.3. The summed E-state index contributed by atoms with van der Waals surface area (Å²) in [5, 5.41) is 12.9.